The summed E-state index contributed by atoms with van der Waals surface area (Å²) in [6.45, 7) is 1.50. The third-order valence-corrected chi connectivity index (χ3v) is 3.71. The number of rotatable bonds is 3. The Labute approximate surface area is 100 Å². The van der Waals surface area contributed by atoms with Crippen LogP contribution in [0.4, 0.5) is 0 Å². The van der Waals surface area contributed by atoms with Crippen molar-refractivity contribution in [3.8, 4) is 0 Å². The summed E-state index contributed by atoms with van der Waals surface area (Å²) in [4.78, 5) is 0. The molecule has 1 heterocycles. The summed E-state index contributed by atoms with van der Waals surface area (Å²) >= 11 is 0. The van der Waals surface area contributed by atoms with E-state index in [1.165, 1.54) is 6.92 Å². The second-order valence-electron chi connectivity index (χ2n) is 5.19. The molecule has 6 nitrogen and oxygen atoms in total. The first kappa shape index (κ1) is 13.2. The van der Waals surface area contributed by atoms with Crippen molar-refractivity contribution in [3.63, 3.8) is 0 Å². The van der Waals surface area contributed by atoms with Gasteiger partial charge in [-0.05, 0) is 25.7 Å². The van der Waals surface area contributed by atoms with Gasteiger partial charge in [0, 0.05) is 0 Å². The second kappa shape index (κ2) is 4.79. The highest BCUT2D eigenvalue weighted by atomic mass is 16.5. The zero-order valence-electron chi connectivity index (χ0n) is 9.81. The number of aliphatic hydroxyl groups is 4. The van der Waals surface area contributed by atoms with Gasteiger partial charge in [0.05, 0.1) is 18.2 Å². The molecule has 2 fully saturated rings. The van der Waals surface area contributed by atoms with Crippen LogP contribution in [-0.4, -0.2) is 63.1 Å². The maximum absolute atomic E-state index is 9.82. The van der Waals surface area contributed by atoms with Crippen molar-refractivity contribution in [2.24, 2.45) is 11.7 Å². The van der Waals surface area contributed by atoms with E-state index in [1.54, 1.807) is 0 Å². The molecule has 17 heavy (non-hydrogen) atoms. The van der Waals surface area contributed by atoms with Crippen molar-refractivity contribution >= 4 is 0 Å². The molecule has 1 saturated carbocycles. The van der Waals surface area contributed by atoms with Crippen LogP contribution in [0.3, 0.4) is 0 Å². The van der Waals surface area contributed by atoms with E-state index in [2.05, 4.69) is 0 Å². The van der Waals surface area contributed by atoms with Gasteiger partial charge in [-0.2, -0.15) is 0 Å². The number of hydrogen-bond donors (Lipinski definition) is 5. The lowest BCUT2D eigenvalue weighted by Gasteiger charge is -2.43. The van der Waals surface area contributed by atoms with Gasteiger partial charge < -0.3 is 30.9 Å². The van der Waals surface area contributed by atoms with Gasteiger partial charge in [0.1, 0.15) is 24.4 Å². The first-order valence-corrected chi connectivity index (χ1v) is 6.06. The summed E-state index contributed by atoms with van der Waals surface area (Å²) in [7, 11) is 0. The number of ether oxygens (including phenoxy) is 1. The molecule has 6 N–H and O–H groups in total. The minimum atomic E-state index is -1.27. The van der Waals surface area contributed by atoms with Gasteiger partial charge in [-0.1, -0.05) is 0 Å². The van der Waals surface area contributed by atoms with Crippen LogP contribution in [0.1, 0.15) is 19.8 Å². The van der Waals surface area contributed by atoms with E-state index in [0.29, 0.717) is 0 Å². The third-order valence-electron chi connectivity index (χ3n) is 3.71. The highest BCUT2D eigenvalue weighted by Crippen LogP contribution is 2.40. The summed E-state index contributed by atoms with van der Waals surface area (Å²) in [6.07, 6.45) is -3.94. The molecule has 1 aliphatic heterocycles. The molecule has 0 bridgehead atoms. The molecule has 0 aromatic carbocycles. The van der Waals surface area contributed by atoms with Crippen LogP contribution in [0, 0.1) is 5.92 Å². The zero-order chi connectivity index (χ0) is 12.7. The Kier molecular flexibility index (Phi) is 3.72. The lowest BCUT2D eigenvalue weighted by molar-refractivity contribution is -0.235. The molecule has 6 heteroatoms. The van der Waals surface area contributed by atoms with Crippen LogP contribution >= 0.6 is 0 Å². The van der Waals surface area contributed by atoms with E-state index in [4.69, 9.17) is 10.5 Å². The van der Waals surface area contributed by atoms with Crippen molar-refractivity contribution in [1.82, 2.24) is 0 Å². The maximum Gasteiger partial charge on any atom is 0.111 e. The predicted octanol–water partition coefficient (Wildman–Crippen LogP) is -2.05. The average Bonchev–Trinajstić information content (AvgIpc) is 3.09. The molecule has 2 aliphatic rings. The van der Waals surface area contributed by atoms with Crippen LogP contribution in [0.2, 0.25) is 0 Å². The topological polar surface area (TPSA) is 116 Å². The summed E-state index contributed by atoms with van der Waals surface area (Å²) in [5.74, 6) is 0.218. The molecule has 0 amide bonds. The lowest BCUT2D eigenvalue weighted by atomic mass is 9.88. The zero-order valence-corrected chi connectivity index (χ0v) is 9.81. The Morgan fingerprint density at radius 1 is 1.12 bits per heavy atom. The quantitative estimate of drug-likeness (QED) is 0.392. The summed E-state index contributed by atoms with van der Waals surface area (Å²) in [6, 6.07) is -0.784. The minimum Gasteiger partial charge on any atom is -0.392 e. The number of hydrogen-bond acceptors (Lipinski definition) is 6. The van der Waals surface area contributed by atoms with Crippen LogP contribution in [-0.2, 0) is 4.74 Å². The van der Waals surface area contributed by atoms with Crippen molar-refractivity contribution in [3.05, 3.63) is 0 Å². The Morgan fingerprint density at radius 3 is 2.18 bits per heavy atom. The molecular formula is C11H21NO5. The van der Waals surface area contributed by atoms with E-state index >= 15 is 0 Å². The van der Waals surface area contributed by atoms with Crippen LogP contribution in [0.5, 0.6) is 0 Å². The highest BCUT2D eigenvalue weighted by Gasteiger charge is 2.50. The number of aliphatic hydroxyl groups excluding tert-OH is 4. The standard InChI is InChI=1S/C11H21NO5/c1-4(13)6(12)11-9(16)7(14)8(15)10(17-11)5-2-3-5/h4-11,13-16H,2-3,12H2,1H3/t4-,6-,7?,8-,9+,10?,11-/m1/s1. The molecule has 0 radical (unpaired) electrons. The van der Waals surface area contributed by atoms with Gasteiger partial charge in [0.2, 0.25) is 0 Å². The molecule has 100 valence electrons. The normalized spacial score (nSPS) is 46.6. The van der Waals surface area contributed by atoms with Gasteiger partial charge in [0.25, 0.3) is 0 Å². The summed E-state index contributed by atoms with van der Waals surface area (Å²) in [5.41, 5.74) is 5.74. The van der Waals surface area contributed by atoms with Gasteiger partial charge in [-0.25, -0.2) is 0 Å². The smallest absolute Gasteiger partial charge is 0.111 e. The Hall–Kier alpha value is -0.240. The molecule has 1 saturated heterocycles. The van der Waals surface area contributed by atoms with Gasteiger partial charge in [-0.3, -0.25) is 0 Å². The van der Waals surface area contributed by atoms with Crippen molar-refractivity contribution in [2.45, 2.75) is 62.4 Å². The van der Waals surface area contributed by atoms with Crippen molar-refractivity contribution in [1.29, 1.82) is 0 Å². The molecule has 7 atom stereocenters. The molecule has 2 rings (SSSR count). The Bertz CT molecular complexity index is 271. The number of nitrogens with two attached hydrogens (primary N) is 1. The SMILES string of the molecule is C[C@@H](O)[C@@H](N)[C@H]1OC(C2CC2)[C@H](O)C(O)[C@@H]1O. The predicted molar refractivity (Wildman–Crippen MR) is 59.1 cm³/mol. The van der Waals surface area contributed by atoms with E-state index in [0.717, 1.165) is 12.8 Å². The molecule has 1 aliphatic carbocycles. The van der Waals surface area contributed by atoms with Gasteiger partial charge in [0.15, 0.2) is 0 Å². The summed E-state index contributed by atoms with van der Waals surface area (Å²) < 4.78 is 5.58. The average molecular weight is 247 g/mol. The monoisotopic (exact) mass is 247 g/mol. The molecule has 2 unspecified atom stereocenters. The van der Waals surface area contributed by atoms with Crippen LogP contribution in [0.25, 0.3) is 0 Å². The van der Waals surface area contributed by atoms with Gasteiger partial charge >= 0.3 is 0 Å². The minimum absolute atomic E-state index is 0.218. The van der Waals surface area contributed by atoms with E-state index in [9.17, 15) is 20.4 Å². The molecule has 0 spiro atoms. The first-order chi connectivity index (χ1) is 7.93. The summed E-state index contributed by atoms with van der Waals surface area (Å²) in [5, 5.41) is 38.8. The van der Waals surface area contributed by atoms with Crippen LogP contribution < -0.4 is 5.73 Å². The molecule has 0 aromatic rings. The van der Waals surface area contributed by atoms with Crippen molar-refractivity contribution < 1.29 is 25.2 Å². The van der Waals surface area contributed by atoms with E-state index < -0.39 is 42.7 Å². The van der Waals surface area contributed by atoms with E-state index in [-0.39, 0.29) is 5.92 Å². The maximum atomic E-state index is 9.82. The fourth-order valence-corrected chi connectivity index (χ4v) is 2.34. The molecule has 0 aromatic heterocycles. The van der Waals surface area contributed by atoms with Crippen molar-refractivity contribution in [2.75, 3.05) is 0 Å². The fourth-order valence-electron chi connectivity index (χ4n) is 2.34. The highest BCUT2D eigenvalue weighted by molar-refractivity contribution is 5.01. The first-order valence-electron chi connectivity index (χ1n) is 6.06. The third kappa shape index (κ3) is 2.47. The Balaban J connectivity index is 2.10. The Morgan fingerprint density at radius 2 is 1.71 bits per heavy atom. The van der Waals surface area contributed by atoms with Gasteiger partial charge in [-0.15, -0.1) is 0 Å². The largest absolute Gasteiger partial charge is 0.392 e. The van der Waals surface area contributed by atoms with Crippen LogP contribution in [0.15, 0.2) is 0 Å². The second-order valence-corrected chi connectivity index (χ2v) is 5.19. The molecular weight excluding hydrogens is 226 g/mol. The fraction of sp³-hybridized carbons (Fsp3) is 1.00. The lowest BCUT2D eigenvalue weighted by Crippen LogP contribution is -2.64. The van der Waals surface area contributed by atoms with E-state index in [1.807, 2.05) is 0 Å².